The van der Waals surface area contributed by atoms with Crippen molar-refractivity contribution >= 4 is 0 Å². The van der Waals surface area contributed by atoms with Gasteiger partial charge in [0, 0.05) is 13.0 Å². The molecule has 1 heterocycles. The summed E-state index contributed by atoms with van der Waals surface area (Å²) in [4.78, 5) is 4.49. The molecule has 0 aromatic rings. The Labute approximate surface area is 42.3 Å². The van der Waals surface area contributed by atoms with Crippen LogP contribution in [-0.2, 0) is 9.57 Å². The van der Waals surface area contributed by atoms with Gasteiger partial charge in [0.25, 0.3) is 0 Å². The molecule has 0 unspecified atom stereocenters. The van der Waals surface area contributed by atoms with Crippen molar-refractivity contribution in [2.45, 2.75) is 12.5 Å². The molecule has 0 saturated carbocycles. The van der Waals surface area contributed by atoms with Gasteiger partial charge in [-0.05, 0) is 0 Å². The Bertz CT molecular complexity index is 51.7. The van der Waals surface area contributed by atoms with E-state index < -0.39 is 0 Å². The van der Waals surface area contributed by atoms with Gasteiger partial charge >= 0.3 is 0 Å². The van der Waals surface area contributed by atoms with Crippen LogP contribution in [-0.4, -0.2) is 19.3 Å². The monoisotopic (exact) mass is 103 g/mol. The third-order valence-corrected chi connectivity index (χ3v) is 1.08. The van der Waals surface area contributed by atoms with Crippen LogP contribution in [0.5, 0.6) is 0 Å². The van der Waals surface area contributed by atoms with Crippen molar-refractivity contribution in [1.29, 1.82) is 0 Å². The fourth-order valence-corrected chi connectivity index (χ4v) is 0.620. The van der Waals surface area contributed by atoms with E-state index in [0.717, 1.165) is 13.0 Å². The lowest BCUT2D eigenvalue weighted by molar-refractivity contribution is 0.0427. The summed E-state index contributed by atoms with van der Waals surface area (Å²) < 4.78 is 4.94. The zero-order valence-electron chi connectivity index (χ0n) is 4.09. The normalized spacial score (nSPS) is 31.3. The molecule has 7 heavy (non-hydrogen) atoms. The summed E-state index contributed by atoms with van der Waals surface area (Å²) in [7, 11) is 0. The molecule has 2 N–H and O–H groups in total. The summed E-state index contributed by atoms with van der Waals surface area (Å²) in [5.74, 6) is 4.85. The topological polar surface area (TPSA) is 44.5 Å². The molecule has 1 fully saturated rings. The Kier molecular flexibility index (Phi) is 1.62. The van der Waals surface area contributed by atoms with E-state index in [4.69, 9.17) is 10.6 Å². The van der Waals surface area contributed by atoms with E-state index in [9.17, 15) is 0 Å². The van der Waals surface area contributed by atoms with Crippen LogP contribution in [0.4, 0.5) is 0 Å². The quantitative estimate of drug-likeness (QED) is 0.462. The van der Waals surface area contributed by atoms with Crippen LogP contribution in [0.25, 0.3) is 0 Å². The van der Waals surface area contributed by atoms with E-state index in [1.807, 2.05) is 0 Å². The van der Waals surface area contributed by atoms with Gasteiger partial charge < -0.3 is 4.74 Å². The van der Waals surface area contributed by atoms with E-state index in [0.29, 0.717) is 6.61 Å². The van der Waals surface area contributed by atoms with Crippen molar-refractivity contribution in [3.8, 4) is 0 Å². The van der Waals surface area contributed by atoms with Crippen LogP contribution in [0.15, 0.2) is 0 Å². The first-order chi connectivity index (χ1) is 3.43. The Morgan fingerprint density at radius 1 is 1.71 bits per heavy atom. The first-order valence-corrected chi connectivity index (χ1v) is 2.37. The van der Waals surface area contributed by atoms with Crippen LogP contribution in [0, 0.1) is 0 Å². The van der Waals surface area contributed by atoms with Crippen LogP contribution in [0.3, 0.4) is 0 Å². The predicted octanol–water partition coefficient (Wildman–Crippen LogP) is -0.334. The maximum Gasteiger partial charge on any atom is 0.104 e. The van der Waals surface area contributed by atoms with Crippen LogP contribution in [0.2, 0.25) is 0 Å². The van der Waals surface area contributed by atoms with Gasteiger partial charge in [-0.3, -0.25) is 4.84 Å². The SMILES string of the molecule is NO[C@H]1CCOC1. The third kappa shape index (κ3) is 1.12. The van der Waals surface area contributed by atoms with Crippen LogP contribution >= 0.6 is 0 Å². The highest BCUT2D eigenvalue weighted by Gasteiger charge is 2.13. The lowest BCUT2D eigenvalue weighted by Crippen LogP contribution is -2.16. The molecule has 1 atom stereocenters. The zero-order chi connectivity index (χ0) is 5.11. The highest BCUT2D eigenvalue weighted by atomic mass is 16.6. The van der Waals surface area contributed by atoms with Gasteiger partial charge in [-0.15, -0.1) is 0 Å². The van der Waals surface area contributed by atoms with Crippen molar-refractivity contribution < 1.29 is 9.57 Å². The number of hydrogen-bond acceptors (Lipinski definition) is 3. The highest BCUT2D eigenvalue weighted by molar-refractivity contribution is 4.60. The average Bonchev–Trinajstić information content (AvgIpc) is 2.14. The van der Waals surface area contributed by atoms with Crippen molar-refractivity contribution in [3.05, 3.63) is 0 Å². The molecule has 0 spiro atoms. The second-order valence-corrected chi connectivity index (χ2v) is 1.62. The van der Waals surface area contributed by atoms with Gasteiger partial charge in [-0.25, -0.2) is 5.90 Å². The van der Waals surface area contributed by atoms with Gasteiger partial charge in [-0.1, -0.05) is 0 Å². The largest absolute Gasteiger partial charge is 0.379 e. The van der Waals surface area contributed by atoms with E-state index >= 15 is 0 Å². The second kappa shape index (κ2) is 2.26. The van der Waals surface area contributed by atoms with Crippen LogP contribution < -0.4 is 5.90 Å². The summed E-state index contributed by atoms with van der Waals surface area (Å²) in [5.41, 5.74) is 0. The minimum absolute atomic E-state index is 0.153. The Morgan fingerprint density at radius 3 is 2.86 bits per heavy atom. The predicted molar refractivity (Wildman–Crippen MR) is 24.5 cm³/mol. The molecule has 0 radical (unpaired) electrons. The van der Waals surface area contributed by atoms with E-state index in [2.05, 4.69) is 4.84 Å². The van der Waals surface area contributed by atoms with Crippen LogP contribution in [0.1, 0.15) is 6.42 Å². The number of hydrogen-bond donors (Lipinski definition) is 1. The summed E-state index contributed by atoms with van der Waals surface area (Å²) >= 11 is 0. The van der Waals surface area contributed by atoms with Gasteiger partial charge in [-0.2, -0.15) is 0 Å². The summed E-state index contributed by atoms with van der Waals surface area (Å²) in [6.07, 6.45) is 1.09. The molecule has 1 aliphatic heterocycles. The molecule has 42 valence electrons. The van der Waals surface area contributed by atoms with Crippen molar-refractivity contribution in [2.24, 2.45) is 5.90 Å². The molecule has 1 rings (SSSR count). The molecular weight excluding hydrogens is 94.0 g/mol. The van der Waals surface area contributed by atoms with Crippen molar-refractivity contribution in [2.75, 3.05) is 13.2 Å². The molecule has 3 heteroatoms. The molecule has 1 saturated heterocycles. The Morgan fingerprint density at radius 2 is 2.57 bits per heavy atom. The lowest BCUT2D eigenvalue weighted by atomic mass is 10.3. The first-order valence-electron chi connectivity index (χ1n) is 2.37. The molecule has 1 aliphatic rings. The smallest absolute Gasteiger partial charge is 0.104 e. The Hall–Kier alpha value is -0.120. The fraction of sp³-hybridized carbons (Fsp3) is 1.00. The average molecular weight is 103 g/mol. The minimum atomic E-state index is 0.153. The lowest BCUT2D eigenvalue weighted by Gasteiger charge is -1.99. The summed E-state index contributed by atoms with van der Waals surface area (Å²) in [6.45, 7) is 1.46. The Balaban J connectivity index is 2.14. The molecular formula is C4H9NO2. The van der Waals surface area contributed by atoms with E-state index in [1.54, 1.807) is 0 Å². The molecule has 0 aliphatic carbocycles. The number of rotatable bonds is 1. The van der Waals surface area contributed by atoms with Gasteiger partial charge in [0.2, 0.25) is 0 Å². The zero-order valence-corrected chi connectivity index (χ0v) is 4.09. The molecule has 0 bridgehead atoms. The maximum absolute atomic E-state index is 4.94. The van der Waals surface area contributed by atoms with E-state index in [1.165, 1.54) is 0 Å². The molecule has 0 amide bonds. The summed E-state index contributed by atoms with van der Waals surface area (Å²) in [5, 5.41) is 0. The third-order valence-electron chi connectivity index (χ3n) is 1.08. The molecule has 0 aromatic carbocycles. The fourth-order valence-electron chi connectivity index (χ4n) is 0.620. The standard InChI is InChI=1S/C4H9NO2/c5-7-4-1-2-6-3-4/h4H,1-3,5H2/t4-/m0/s1. The number of ether oxygens (including phenoxy) is 1. The highest BCUT2D eigenvalue weighted by Crippen LogP contribution is 2.04. The first kappa shape index (κ1) is 5.03. The van der Waals surface area contributed by atoms with Gasteiger partial charge in [0.15, 0.2) is 0 Å². The summed E-state index contributed by atoms with van der Waals surface area (Å²) in [6, 6.07) is 0. The van der Waals surface area contributed by atoms with Gasteiger partial charge in [0.1, 0.15) is 6.10 Å². The number of nitrogens with two attached hydrogens (primary N) is 1. The second-order valence-electron chi connectivity index (χ2n) is 1.62. The minimum Gasteiger partial charge on any atom is -0.379 e. The maximum atomic E-state index is 4.94. The van der Waals surface area contributed by atoms with Crippen molar-refractivity contribution in [1.82, 2.24) is 0 Å². The molecule has 0 aromatic heterocycles. The molecule has 3 nitrogen and oxygen atoms in total. The van der Waals surface area contributed by atoms with E-state index in [-0.39, 0.29) is 6.10 Å². The van der Waals surface area contributed by atoms with Gasteiger partial charge in [0.05, 0.1) is 6.61 Å². The van der Waals surface area contributed by atoms with Crippen molar-refractivity contribution in [3.63, 3.8) is 0 Å².